The van der Waals surface area contributed by atoms with Gasteiger partial charge in [-0.05, 0) is 63.2 Å². The van der Waals surface area contributed by atoms with Crippen LogP contribution in [0.15, 0.2) is 0 Å². The normalized spacial score (nSPS) is 38.3. The molecule has 0 spiro atoms. The van der Waals surface area contributed by atoms with Gasteiger partial charge < -0.3 is 15.3 Å². The van der Waals surface area contributed by atoms with Crippen LogP contribution < -0.4 is 5.32 Å². The molecule has 2 atom stereocenters. The molecule has 4 rings (SSSR count). The number of carboxylic acids is 1. The Morgan fingerprint density at radius 3 is 2.09 bits per heavy atom. The molecule has 5 heteroatoms. The Balaban J connectivity index is 1.28. The lowest BCUT2D eigenvalue weighted by Crippen LogP contribution is -2.63. The van der Waals surface area contributed by atoms with Crippen molar-refractivity contribution in [1.29, 1.82) is 0 Å². The molecule has 0 aromatic heterocycles. The molecule has 2 amide bonds. The van der Waals surface area contributed by atoms with Gasteiger partial charge >= 0.3 is 12.0 Å². The van der Waals surface area contributed by atoms with E-state index in [1.54, 1.807) is 0 Å². The van der Waals surface area contributed by atoms with Crippen molar-refractivity contribution in [2.45, 2.75) is 63.5 Å². The van der Waals surface area contributed by atoms with Crippen LogP contribution in [0.4, 0.5) is 4.79 Å². The number of nitrogens with one attached hydrogen (secondary N) is 1. The predicted molar refractivity (Wildman–Crippen MR) is 81.3 cm³/mol. The summed E-state index contributed by atoms with van der Waals surface area (Å²) in [7, 11) is 0. The maximum absolute atomic E-state index is 12.5. The molecule has 3 saturated carbocycles. The van der Waals surface area contributed by atoms with Crippen LogP contribution in [-0.4, -0.2) is 40.6 Å². The Kier molecular flexibility index (Phi) is 3.54. The van der Waals surface area contributed by atoms with Gasteiger partial charge in [-0.15, -0.1) is 0 Å². The third-order valence-corrected chi connectivity index (χ3v) is 6.20. The molecule has 4 fully saturated rings. The minimum absolute atomic E-state index is 0.104. The highest BCUT2D eigenvalue weighted by Crippen LogP contribution is 2.52. The molecule has 0 aromatic carbocycles. The standard InChI is InChI=1S/C17H26N2O3/c20-16(21)12-5-7-13(8-6-12)18-17(22)19-9-14(10-1-2-10)15(19)11-3-4-11/h10-15H,1-9H2,(H,18,22)(H,20,21). The Hall–Kier alpha value is -1.26. The average molecular weight is 306 g/mol. The number of hydrogen-bond donors (Lipinski definition) is 2. The SMILES string of the molecule is O=C(O)C1CCC(NC(=O)N2CC(C3CC3)C2C2CC2)CC1. The third-order valence-electron chi connectivity index (χ3n) is 6.20. The summed E-state index contributed by atoms with van der Waals surface area (Å²) in [5.41, 5.74) is 0. The summed E-state index contributed by atoms with van der Waals surface area (Å²) in [6, 6.07) is 0.776. The summed E-state index contributed by atoms with van der Waals surface area (Å²) in [5.74, 6) is 1.51. The number of carbonyl (C=O) groups excluding carboxylic acids is 1. The molecule has 0 aromatic rings. The van der Waals surface area contributed by atoms with Crippen LogP contribution >= 0.6 is 0 Å². The molecule has 0 bridgehead atoms. The zero-order valence-corrected chi connectivity index (χ0v) is 13.0. The van der Waals surface area contributed by atoms with Crippen molar-refractivity contribution >= 4 is 12.0 Å². The molecule has 3 aliphatic carbocycles. The van der Waals surface area contributed by atoms with Crippen molar-refractivity contribution in [3.05, 3.63) is 0 Å². The molecule has 1 saturated heterocycles. The van der Waals surface area contributed by atoms with Crippen molar-refractivity contribution in [3.8, 4) is 0 Å². The fraction of sp³-hybridized carbons (Fsp3) is 0.882. The lowest BCUT2D eigenvalue weighted by atomic mass is 9.81. The number of amides is 2. The lowest BCUT2D eigenvalue weighted by Gasteiger charge is -2.49. The highest BCUT2D eigenvalue weighted by molar-refractivity contribution is 5.76. The molecule has 1 aliphatic heterocycles. The number of hydrogen-bond acceptors (Lipinski definition) is 2. The van der Waals surface area contributed by atoms with Gasteiger partial charge in [0, 0.05) is 24.5 Å². The number of likely N-dealkylation sites (tertiary alicyclic amines) is 1. The molecule has 5 nitrogen and oxygen atoms in total. The molecular weight excluding hydrogens is 280 g/mol. The maximum atomic E-state index is 12.5. The summed E-state index contributed by atoms with van der Waals surface area (Å²) >= 11 is 0. The molecular formula is C17H26N2O3. The average Bonchev–Trinajstić information content (AvgIpc) is 3.32. The van der Waals surface area contributed by atoms with Gasteiger partial charge in [-0.25, -0.2) is 4.79 Å². The maximum Gasteiger partial charge on any atom is 0.317 e. The fourth-order valence-corrected chi connectivity index (χ4v) is 4.50. The first-order chi connectivity index (χ1) is 10.6. The van der Waals surface area contributed by atoms with Gasteiger partial charge in [0.25, 0.3) is 0 Å². The predicted octanol–water partition coefficient (Wildman–Crippen LogP) is 2.46. The Bertz CT molecular complexity index is 465. The molecule has 22 heavy (non-hydrogen) atoms. The van der Waals surface area contributed by atoms with E-state index in [1.807, 2.05) is 0 Å². The number of carbonyl (C=O) groups is 2. The van der Waals surface area contributed by atoms with Crippen LogP contribution in [0, 0.1) is 23.7 Å². The first-order valence-electron chi connectivity index (χ1n) is 8.93. The van der Waals surface area contributed by atoms with E-state index in [0.29, 0.717) is 18.9 Å². The van der Waals surface area contributed by atoms with E-state index in [1.165, 1.54) is 25.7 Å². The van der Waals surface area contributed by atoms with E-state index < -0.39 is 5.97 Å². The largest absolute Gasteiger partial charge is 0.481 e. The molecule has 0 radical (unpaired) electrons. The highest BCUT2D eigenvalue weighted by Gasteiger charge is 2.54. The number of nitrogens with zero attached hydrogens (tertiary/aromatic N) is 1. The topological polar surface area (TPSA) is 69.6 Å². The van der Waals surface area contributed by atoms with Gasteiger partial charge in [0.05, 0.1) is 5.92 Å². The van der Waals surface area contributed by atoms with Crippen molar-refractivity contribution in [3.63, 3.8) is 0 Å². The smallest absolute Gasteiger partial charge is 0.317 e. The fourth-order valence-electron chi connectivity index (χ4n) is 4.50. The number of aliphatic carboxylic acids is 1. The Morgan fingerprint density at radius 1 is 0.909 bits per heavy atom. The van der Waals surface area contributed by atoms with E-state index in [2.05, 4.69) is 10.2 Å². The van der Waals surface area contributed by atoms with Gasteiger partial charge in [-0.3, -0.25) is 4.79 Å². The molecule has 1 heterocycles. The molecule has 2 unspecified atom stereocenters. The van der Waals surface area contributed by atoms with E-state index in [4.69, 9.17) is 5.11 Å². The first-order valence-corrected chi connectivity index (χ1v) is 8.93. The van der Waals surface area contributed by atoms with Crippen molar-refractivity contribution in [2.24, 2.45) is 23.7 Å². The number of carboxylic acid groups (broad SMARTS) is 1. The summed E-state index contributed by atoms with van der Waals surface area (Å²) < 4.78 is 0. The van der Waals surface area contributed by atoms with Crippen LogP contribution in [-0.2, 0) is 4.79 Å². The van der Waals surface area contributed by atoms with Gasteiger partial charge in [0.15, 0.2) is 0 Å². The summed E-state index contributed by atoms with van der Waals surface area (Å²) in [4.78, 5) is 25.6. The van der Waals surface area contributed by atoms with Crippen molar-refractivity contribution in [2.75, 3.05) is 6.54 Å². The van der Waals surface area contributed by atoms with E-state index >= 15 is 0 Å². The zero-order valence-electron chi connectivity index (χ0n) is 13.0. The van der Waals surface area contributed by atoms with Gasteiger partial charge in [0.1, 0.15) is 0 Å². The van der Waals surface area contributed by atoms with E-state index in [9.17, 15) is 9.59 Å². The molecule has 2 N–H and O–H groups in total. The van der Waals surface area contributed by atoms with Crippen LogP contribution in [0.5, 0.6) is 0 Å². The first kappa shape index (κ1) is 14.3. The second-order valence-corrected chi connectivity index (χ2v) is 7.82. The Labute approximate surface area is 131 Å². The molecule has 122 valence electrons. The number of urea groups is 1. The second-order valence-electron chi connectivity index (χ2n) is 7.82. The summed E-state index contributed by atoms with van der Waals surface area (Å²) in [5, 5.41) is 12.2. The van der Waals surface area contributed by atoms with E-state index in [-0.39, 0.29) is 18.0 Å². The van der Waals surface area contributed by atoms with Crippen LogP contribution in [0.3, 0.4) is 0 Å². The monoisotopic (exact) mass is 306 g/mol. The summed E-state index contributed by atoms with van der Waals surface area (Å²) in [6.07, 6.45) is 8.30. The van der Waals surface area contributed by atoms with E-state index in [0.717, 1.165) is 37.1 Å². The second kappa shape index (κ2) is 5.43. The van der Waals surface area contributed by atoms with Crippen molar-refractivity contribution in [1.82, 2.24) is 10.2 Å². The Morgan fingerprint density at radius 2 is 1.55 bits per heavy atom. The van der Waals surface area contributed by atoms with Crippen LogP contribution in [0.25, 0.3) is 0 Å². The van der Waals surface area contributed by atoms with Gasteiger partial charge in [-0.2, -0.15) is 0 Å². The van der Waals surface area contributed by atoms with Crippen molar-refractivity contribution < 1.29 is 14.7 Å². The van der Waals surface area contributed by atoms with Crippen LogP contribution in [0.1, 0.15) is 51.4 Å². The highest BCUT2D eigenvalue weighted by atomic mass is 16.4. The summed E-state index contributed by atoms with van der Waals surface area (Å²) in [6.45, 7) is 0.947. The number of rotatable bonds is 4. The quantitative estimate of drug-likeness (QED) is 0.838. The minimum atomic E-state index is -0.686. The van der Waals surface area contributed by atoms with Gasteiger partial charge in [-0.1, -0.05) is 0 Å². The minimum Gasteiger partial charge on any atom is -0.481 e. The molecule has 4 aliphatic rings. The van der Waals surface area contributed by atoms with Crippen LogP contribution in [0.2, 0.25) is 0 Å². The zero-order chi connectivity index (χ0) is 15.3. The van der Waals surface area contributed by atoms with Gasteiger partial charge in [0.2, 0.25) is 0 Å². The lowest BCUT2D eigenvalue weighted by molar-refractivity contribution is -0.142. The third kappa shape index (κ3) is 2.70.